The molecule has 0 atom stereocenters. The van der Waals surface area contributed by atoms with Crippen molar-refractivity contribution in [1.82, 2.24) is 9.36 Å². The molecule has 1 saturated heterocycles. The van der Waals surface area contributed by atoms with Crippen molar-refractivity contribution in [2.24, 2.45) is 5.73 Å². The Hall–Kier alpha value is -0.680. The van der Waals surface area contributed by atoms with Gasteiger partial charge in [-0.05, 0) is 19.3 Å². The average molecular weight is 238 g/mol. The lowest BCUT2D eigenvalue weighted by Crippen LogP contribution is -2.67. The Morgan fingerprint density at radius 2 is 2.25 bits per heavy atom. The van der Waals surface area contributed by atoms with Crippen molar-refractivity contribution in [2.45, 2.75) is 44.1 Å². The molecular formula is C11H18N4S. The zero-order valence-corrected chi connectivity index (χ0v) is 10.5. The predicted molar refractivity (Wildman–Crippen MR) is 65.9 cm³/mol. The zero-order valence-electron chi connectivity index (χ0n) is 9.65. The van der Waals surface area contributed by atoms with Crippen LogP contribution >= 0.6 is 11.5 Å². The summed E-state index contributed by atoms with van der Waals surface area (Å²) in [6.45, 7) is 4.08. The summed E-state index contributed by atoms with van der Waals surface area (Å²) in [4.78, 5) is 6.86. The number of aromatic nitrogens is 2. The van der Waals surface area contributed by atoms with Crippen LogP contribution in [0.1, 0.15) is 44.3 Å². The van der Waals surface area contributed by atoms with Gasteiger partial charge in [0.2, 0.25) is 5.13 Å². The van der Waals surface area contributed by atoms with E-state index in [0.717, 1.165) is 36.9 Å². The monoisotopic (exact) mass is 238 g/mol. The van der Waals surface area contributed by atoms with Crippen LogP contribution in [0.15, 0.2) is 0 Å². The van der Waals surface area contributed by atoms with E-state index >= 15 is 0 Å². The Bertz CT molecular complexity index is 379. The third-order valence-electron chi connectivity index (χ3n) is 3.40. The van der Waals surface area contributed by atoms with Crippen LogP contribution in [0, 0.1) is 0 Å². The van der Waals surface area contributed by atoms with Crippen LogP contribution in [0.2, 0.25) is 0 Å². The van der Waals surface area contributed by atoms with Crippen molar-refractivity contribution in [2.75, 3.05) is 18.0 Å². The minimum atomic E-state index is 0.0279. The molecule has 1 aromatic heterocycles. The van der Waals surface area contributed by atoms with Crippen molar-refractivity contribution in [3.63, 3.8) is 0 Å². The highest BCUT2D eigenvalue weighted by molar-refractivity contribution is 7.09. The van der Waals surface area contributed by atoms with Crippen LogP contribution in [0.3, 0.4) is 0 Å². The largest absolute Gasteiger partial charge is 0.343 e. The van der Waals surface area contributed by atoms with E-state index in [1.54, 1.807) is 0 Å². The van der Waals surface area contributed by atoms with E-state index in [-0.39, 0.29) is 5.54 Å². The van der Waals surface area contributed by atoms with Gasteiger partial charge in [-0.15, -0.1) is 0 Å². The molecule has 4 nitrogen and oxygen atoms in total. The lowest BCUT2D eigenvalue weighted by molar-refractivity contribution is 0.307. The number of nitrogens with two attached hydrogens (primary N) is 1. The van der Waals surface area contributed by atoms with Crippen molar-refractivity contribution >= 4 is 16.7 Å². The maximum Gasteiger partial charge on any atom is 0.205 e. The molecule has 16 heavy (non-hydrogen) atoms. The fourth-order valence-electron chi connectivity index (χ4n) is 2.37. The molecule has 2 fully saturated rings. The highest BCUT2D eigenvalue weighted by atomic mass is 32.1. The summed E-state index contributed by atoms with van der Waals surface area (Å²) in [5, 5.41) is 1.07. The molecule has 1 aromatic rings. The third-order valence-corrected chi connectivity index (χ3v) is 4.19. The summed E-state index contributed by atoms with van der Waals surface area (Å²) in [7, 11) is 0. The number of hydrogen-bond donors (Lipinski definition) is 1. The molecule has 0 unspecified atom stereocenters. The molecule has 1 saturated carbocycles. The minimum Gasteiger partial charge on any atom is -0.343 e. The van der Waals surface area contributed by atoms with Gasteiger partial charge in [0, 0.05) is 30.5 Å². The quantitative estimate of drug-likeness (QED) is 0.868. The SMILES string of the molecule is CCCC1(N)CN(c2nc(C3CC3)ns2)C1. The second kappa shape index (κ2) is 3.67. The molecular weight excluding hydrogens is 220 g/mol. The van der Waals surface area contributed by atoms with Gasteiger partial charge in [0.15, 0.2) is 0 Å². The van der Waals surface area contributed by atoms with Gasteiger partial charge in [-0.25, -0.2) is 4.98 Å². The first-order chi connectivity index (χ1) is 7.70. The molecule has 0 radical (unpaired) electrons. The first-order valence-electron chi connectivity index (χ1n) is 6.08. The second-order valence-corrected chi connectivity index (χ2v) is 5.91. The number of hydrogen-bond acceptors (Lipinski definition) is 5. The third kappa shape index (κ3) is 1.82. The molecule has 88 valence electrons. The van der Waals surface area contributed by atoms with E-state index in [0.29, 0.717) is 5.92 Å². The molecule has 2 aliphatic rings. The van der Waals surface area contributed by atoms with Gasteiger partial charge in [-0.3, -0.25) is 0 Å². The van der Waals surface area contributed by atoms with Crippen LogP contribution in [-0.2, 0) is 0 Å². The molecule has 0 aromatic carbocycles. The summed E-state index contributed by atoms with van der Waals surface area (Å²) in [6.07, 6.45) is 4.81. The molecule has 2 N–H and O–H groups in total. The standard InChI is InChI=1S/C11H18N4S/c1-2-5-11(12)6-15(7-11)10-13-9(14-16-10)8-3-4-8/h8H,2-7,12H2,1H3. The van der Waals surface area contributed by atoms with Crippen molar-refractivity contribution < 1.29 is 0 Å². The van der Waals surface area contributed by atoms with Crippen LogP contribution < -0.4 is 10.6 Å². The number of nitrogens with zero attached hydrogens (tertiary/aromatic N) is 3. The summed E-state index contributed by atoms with van der Waals surface area (Å²) in [5.74, 6) is 1.72. The van der Waals surface area contributed by atoms with E-state index in [1.807, 2.05) is 0 Å². The van der Waals surface area contributed by atoms with E-state index in [1.165, 1.54) is 24.4 Å². The van der Waals surface area contributed by atoms with Crippen molar-refractivity contribution in [3.8, 4) is 0 Å². The fraction of sp³-hybridized carbons (Fsp3) is 0.818. The smallest absolute Gasteiger partial charge is 0.205 e. The van der Waals surface area contributed by atoms with E-state index in [9.17, 15) is 0 Å². The maximum absolute atomic E-state index is 6.23. The summed E-state index contributed by atoms with van der Waals surface area (Å²) in [5.41, 5.74) is 6.26. The van der Waals surface area contributed by atoms with Gasteiger partial charge in [0.1, 0.15) is 5.82 Å². The summed E-state index contributed by atoms with van der Waals surface area (Å²) >= 11 is 1.53. The van der Waals surface area contributed by atoms with Gasteiger partial charge in [0.05, 0.1) is 5.54 Å². The highest BCUT2D eigenvalue weighted by Gasteiger charge is 2.40. The Morgan fingerprint density at radius 1 is 1.50 bits per heavy atom. The van der Waals surface area contributed by atoms with Crippen LogP contribution in [0.5, 0.6) is 0 Å². The molecule has 3 rings (SSSR count). The normalized spacial score (nSPS) is 23.2. The van der Waals surface area contributed by atoms with Crippen molar-refractivity contribution in [1.29, 1.82) is 0 Å². The van der Waals surface area contributed by atoms with E-state index in [4.69, 9.17) is 5.73 Å². The molecule has 0 spiro atoms. The van der Waals surface area contributed by atoms with Gasteiger partial charge >= 0.3 is 0 Å². The highest BCUT2D eigenvalue weighted by Crippen LogP contribution is 2.40. The Labute approximate surface area is 100 Å². The zero-order chi connectivity index (χ0) is 11.2. The van der Waals surface area contributed by atoms with Crippen LogP contribution in [-0.4, -0.2) is 28.0 Å². The van der Waals surface area contributed by atoms with E-state index in [2.05, 4.69) is 21.2 Å². The molecule has 5 heteroatoms. The predicted octanol–water partition coefficient (Wildman–Crippen LogP) is 1.73. The molecule has 2 heterocycles. The Morgan fingerprint density at radius 3 is 2.88 bits per heavy atom. The Kier molecular flexibility index (Phi) is 2.40. The lowest BCUT2D eigenvalue weighted by atomic mass is 9.87. The summed E-state index contributed by atoms with van der Waals surface area (Å²) in [6, 6.07) is 0. The Balaban J connectivity index is 1.62. The molecule has 1 aliphatic heterocycles. The van der Waals surface area contributed by atoms with Gasteiger partial charge in [-0.2, -0.15) is 4.37 Å². The topological polar surface area (TPSA) is 55.0 Å². The van der Waals surface area contributed by atoms with Gasteiger partial charge in [0.25, 0.3) is 0 Å². The van der Waals surface area contributed by atoms with Gasteiger partial charge in [-0.1, -0.05) is 13.3 Å². The van der Waals surface area contributed by atoms with E-state index < -0.39 is 0 Å². The van der Waals surface area contributed by atoms with Crippen molar-refractivity contribution in [3.05, 3.63) is 5.82 Å². The van der Waals surface area contributed by atoms with Crippen LogP contribution in [0.25, 0.3) is 0 Å². The first-order valence-corrected chi connectivity index (χ1v) is 6.85. The lowest BCUT2D eigenvalue weighted by Gasteiger charge is -2.47. The van der Waals surface area contributed by atoms with Crippen LogP contribution in [0.4, 0.5) is 5.13 Å². The minimum absolute atomic E-state index is 0.0279. The summed E-state index contributed by atoms with van der Waals surface area (Å²) < 4.78 is 4.42. The molecule has 0 bridgehead atoms. The first kappa shape index (κ1) is 10.5. The molecule has 0 amide bonds. The maximum atomic E-state index is 6.23. The molecule has 1 aliphatic carbocycles. The number of anilines is 1. The fourth-order valence-corrected chi connectivity index (χ4v) is 3.11. The van der Waals surface area contributed by atoms with Gasteiger partial charge < -0.3 is 10.6 Å². The second-order valence-electron chi connectivity index (χ2n) is 5.18. The average Bonchev–Trinajstić information content (AvgIpc) is 2.94. The number of rotatable bonds is 4.